The monoisotopic (exact) mass is 292 g/mol. The van der Waals surface area contributed by atoms with Gasteiger partial charge in [-0.05, 0) is 43.8 Å². The number of amides is 1. The maximum Gasteiger partial charge on any atom is 0.275 e. The van der Waals surface area contributed by atoms with Crippen LogP contribution in [0, 0.1) is 0 Å². The number of carbonyl (C=O) groups is 1. The molecule has 20 heavy (non-hydrogen) atoms. The summed E-state index contributed by atoms with van der Waals surface area (Å²) in [5, 5.41) is 5.65. The number of rotatable bonds is 3. The van der Waals surface area contributed by atoms with Crippen LogP contribution in [-0.2, 0) is 0 Å². The summed E-state index contributed by atoms with van der Waals surface area (Å²) < 4.78 is 3.79. The molecule has 108 valence electrons. The molecule has 1 atom stereocenters. The van der Waals surface area contributed by atoms with Gasteiger partial charge in [-0.1, -0.05) is 10.6 Å². The lowest BCUT2D eigenvalue weighted by atomic mass is 9.86. The van der Waals surface area contributed by atoms with E-state index in [-0.39, 0.29) is 11.4 Å². The summed E-state index contributed by atoms with van der Waals surface area (Å²) >= 11 is 1.23. The molecule has 0 bridgehead atoms. The molecule has 1 unspecified atom stereocenters. The van der Waals surface area contributed by atoms with Crippen molar-refractivity contribution < 1.29 is 4.79 Å². The van der Waals surface area contributed by atoms with E-state index in [0.29, 0.717) is 5.69 Å². The van der Waals surface area contributed by atoms with Crippen molar-refractivity contribution in [1.82, 2.24) is 19.4 Å². The summed E-state index contributed by atoms with van der Waals surface area (Å²) in [5.74, 6) is 0.0308. The Hall–Kier alpha value is -1.27. The molecule has 2 aliphatic rings. The maximum absolute atomic E-state index is 12.5. The van der Waals surface area contributed by atoms with Gasteiger partial charge < -0.3 is 4.90 Å². The Morgan fingerprint density at radius 3 is 2.95 bits per heavy atom. The Kier molecular flexibility index (Phi) is 3.85. The van der Waals surface area contributed by atoms with Crippen LogP contribution in [0.1, 0.15) is 36.2 Å². The Morgan fingerprint density at radius 1 is 1.45 bits per heavy atom. The molecule has 2 fully saturated rings. The van der Waals surface area contributed by atoms with E-state index >= 15 is 0 Å². The van der Waals surface area contributed by atoms with Gasteiger partial charge in [-0.25, -0.2) is 0 Å². The lowest BCUT2D eigenvalue weighted by Gasteiger charge is -2.45. The zero-order chi connectivity index (χ0) is 14.0. The number of carbonyl (C=O) groups excluding carboxylic acids is 1. The highest BCUT2D eigenvalue weighted by atomic mass is 32.1. The van der Waals surface area contributed by atoms with E-state index < -0.39 is 0 Å². The number of hydrogen-bond donors (Lipinski definition) is 0. The molecule has 3 heterocycles. The number of hydrogen-bond acceptors (Lipinski definition) is 5. The van der Waals surface area contributed by atoms with Crippen molar-refractivity contribution in [2.24, 2.45) is 0 Å². The molecule has 0 N–H and O–H groups in total. The normalized spacial score (nSPS) is 27.1. The quantitative estimate of drug-likeness (QED) is 0.797. The van der Waals surface area contributed by atoms with Gasteiger partial charge in [-0.3, -0.25) is 9.69 Å². The van der Waals surface area contributed by atoms with Gasteiger partial charge in [0.05, 0.1) is 0 Å². The molecule has 0 saturated carbocycles. The average Bonchev–Trinajstić information content (AvgIpc) is 3.10. The SMILES string of the molecule is C=CCN1CCCC12CCCN(C(=O)c1csnn1)C2. The first-order valence-electron chi connectivity index (χ1n) is 7.17. The van der Waals surface area contributed by atoms with Crippen LogP contribution >= 0.6 is 11.5 Å². The minimum atomic E-state index is 0.0308. The molecule has 1 spiro atoms. The Morgan fingerprint density at radius 2 is 2.25 bits per heavy atom. The molecular formula is C14H20N4OS. The zero-order valence-electron chi connectivity index (χ0n) is 11.6. The van der Waals surface area contributed by atoms with Gasteiger partial charge in [0.15, 0.2) is 5.69 Å². The lowest BCUT2D eigenvalue weighted by Crippen LogP contribution is -2.56. The highest BCUT2D eigenvalue weighted by Crippen LogP contribution is 2.37. The first-order valence-corrected chi connectivity index (χ1v) is 8.01. The van der Waals surface area contributed by atoms with E-state index in [1.54, 1.807) is 5.38 Å². The van der Waals surface area contributed by atoms with Crippen molar-refractivity contribution in [2.45, 2.75) is 31.2 Å². The van der Waals surface area contributed by atoms with Crippen LogP contribution in [0.3, 0.4) is 0 Å². The maximum atomic E-state index is 12.5. The predicted molar refractivity (Wildman–Crippen MR) is 78.8 cm³/mol. The van der Waals surface area contributed by atoms with Crippen LogP contribution in [-0.4, -0.2) is 57.0 Å². The van der Waals surface area contributed by atoms with Crippen LogP contribution in [0.25, 0.3) is 0 Å². The number of aromatic nitrogens is 2. The molecular weight excluding hydrogens is 272 g/mol. The molecule has 1 amide bonds. The fourth-order valence-electron chi connectivity index (χ4n) is 3.60. The molecule has 0 aromatic carbocycles. The summed E-state index contributed by atoms with van der Waals surface area (Å²) in [6, 6.07) is 0. The second kappa shape index (κ2) is 5.61. The zero-order valence-corrected chi connectivity index (χ0v) is 12.4. The van der Waals surface area contributed by atoms with Crippen LogP contribution in [0.15, 0.2) is 18.0 Å². The van der Waals surface area contributed by atoms with Crippen molar-refractivity contribution >= 4 is 17.4 Å². The minimum absolute atomic E-state index is 0.0308. The van der Waals surface area contributed by atoms with Gasteiger partial charge >= 0.3 is 0 Å². The largest absolute Gasteiger partial charge is 0.335 e. The Balaban J connectivity index is 1.76. The highest BCUT2D eigenvalue weighted by molar-refractivity contribution is 7.03. The van der Waals surface area contributed by atoms with Gasteiger partial charge in [0.2, 0.25) is 0 Å². The van der Waals surface area contributed by atoms with Crippen LogP contribution in [0.2, 0.25) is 0 Å². The Bertz CT molecular complexity index is 489. The standard InChI is InChI=1S/C14H20N4OS/c1-2-7-18-9-4-6-14(18)5-3-8-17(11-14)13(19)12-10-20-16-15-12/h2,10H,1,3-9,11H2. The molecule has 0 radical (unpaired) electrons. The first kappa shape index (κ1) is 13.7. The molecule has 0 aliphatic carbocycles. The summed E-state index contributed by atoms with van der Waals surface area (Å²) in [7, 11) is 0. The number of likely N-dealkylation sites (tertiary alicyclic amines) is 2. The van der Waals surface area contributed by atoms with Gasteiger partial charge in [-0.15, -0.1) is 11.7 Å². The van der Waals surface area contributed by atoms with Gasteiger partial charge in [0, 0.05) is 30.6 Å². The third-order valence-corrected chi connectivity index (χ3v) is 5.02. The van der Waals surface area contributed by atoms with Crippen LogP contribution < -0.4 is 0 Å². The van der Waals surface area contributed by atoms with Crippen LogP contribution in [0.4, 0.5) is 0 Å². The van der Waals surface area contributed by atoms with Crippen molar-refractivity contribution in [3.8, 4) is 0 Å². The van der Waals surface area contributed by atoms with Crippen LogP contribution in [0.5, 0.6) is 0 Å². The average molecular weight is 292 g/mol. The third-order valence-electron chi connectivity index (χ3n) is 4.51. The predicted octanol–water partition coefficient (Wildman–Crippen LogP) is 1.79. The second-order valence-corrected chi connectivity index (χ2v) is 6.29. The fourth-order valence-corrected chi connectivity index (χ4v) is 4.03. The van der Waals surface area contributed by atoms with E-state index in [0.717, 1.165) is 32.6 Å². The summed E-state index contributed by atoms with van der Waals surface area (Å²) in [4.78, 5) is 16.9. The molecule has 5 nitrogen and oxygen atoms in total. The lowest BCUT2D eigenvalue weighted by molar-refractivity contribution is 0.0362. The first-order chi connectivity index (χ1) is 9.75. The van der Waals surface area contributed by atoms with E-state index in [4.69, 9.17) is 0 Å². The molecule has 1 aromatic heterocycles. The van der Waals surface area contributed by atoms with Crippen molar-refractivity contribution in [3.05, 3.63) is 23.7 Å². The van der Waals surface area contributed by atoms with Crippen molar-refractivity contribution in [1.29, 1.82) is 0 Å². The topological polar surface area (TPSA) is 49.3 Å². The van der Waals surface area contributed by atoms with E-state index in [1.165, 1.54) is 30.8 Å². The molecule has 6 heteroatoms. The molecule has 2 saturated heterocycles. The van der Waals surface area contributed by atoms with Gasteiger partial charge in [0.25, 0.3) is 5.91 Å². The van der Waals surface area contributed by atoms with Gasteiger partial charge in [0.1, 0.15) is 0 Å². The second-order valence-electron chi connectivity index (χ2n) is 5.68. The highest BCUT2D eigenvalue weighted by Gasteiger charge is 2.44. The van der Waals surface area contributed by atoms with Crippen molar-refractivity contribution in [3.63, 3.8) is 0 Å². The Labute approximate surface area is 123 Å². The number of nitrogens with zero attached hydrogens (tertiary/aromatic N) is 4. The van der Waals surface area contributed by atoms with E-state index in [9.17, 15) is 4.79 Å². The number of piperidine rings is 1. The summed E-state index contributed by atoms with van der Waals surface area (Å²) in [6.07, 6.45) is 6.61. The minimum Gasteiger partial charge on any atom is -0.335 e. The smallest absolute Gasteiger partial charge is 0.275 e. The van der Waals surface area contributed by atoms with E-state index in [1.807, 2.05) is 11.0 Å². The molecule has 3 rings (SSSR count). The molecule has 1 aromatic rings. The third kappa shape index (κ3) is 2.38. The summed E-state index contributed by atoms with van der Waals surface area (Å²) in [5.41, 5.74) is 0.645. The summed E-state index contributed by atoms with van der Waals surface area (Å²) in [6.45, 7) is 7.54. The fraction of sp³-hybridized carbons (Fsp3) is 0.643. The van der Waals surface area contributed by atoms with E-state index in [2.05, 4.69) is 21.1 Å². The molecule has 2 aliphatic heterocycles. The van der Waals surface area contributed by atoms with Gasteiger partial charge in [-0.2, -0.15) is 0 Å². The van der Waals surface area contributed by atoms with Crippen molar-refractivity contribution in [2.75, 3.05) is 26.2 Å².